The van der Waals surface area contributed by atoms with Gasteiger partial charge in [0.1, 0.15) is 17.6 Å². The number of para-hydroxylation sites is 1. The van der Waals surface area contributed by atoms with Crippen molar-refractivity contribution >= 4 is 17.2 Å². The predicted molar refractivity (Wildman–Crippen MR) is 112 cm³/mol. The van der Waals surface area contributed by atoms with Crippen molar-refractivity contribution in [2.75, 3.05) is 7.11 Å². The molecule has 9 heteroatoms. The van der Waals surface area contributed by atoms with Crippen LogP contribution in [0.1, 0.15) is 29.7 Å². The number of aromatic nitrogens is 4. The van der Waals surface area contributed by atoms with Crippen LogP contribution in [0.25, 0.3) is 11.4 Å². The minimum atomic E-state index is -0.447. The van der Waals surface area contributed by atoms with Crippen molar-refractivity contribution in [2.45, 2.75) is 18.9 Å². The lowest BCUT2D eigenvalue weighted by Crippen LogP contribution is -2.31. The van der Waals surface area contributed by atoms with Crippen LogP contribution >= 0.6 is 11.3 Å². The van der Waals surface area contributed by atoms with Crippen LogP contribution in [0.3, 0.4) is 0 Å². The van der Waals surface area contributed by atoms with Gasteiger partial charge in [-0.25, -0.2) is 4.98 Å². The number of amides is 1. The Kier molecular flexibility index (Phi) is 5.89. The summed E-state index contributed by atoms with van der Waals surface area (Å²) in [6.45, 7) is 0. The lowest BCUT2D eigenvalue weighted by molar-refractivity contribution is -0.121. The number of carbonyl (C=O) groups excluding carboxylic acids is 1. The molecule has 154 valence electrons. The summed E-state index contributed by atoms with van der Waals surface area (Å²) in [6, 6.07) is 9.06. The average molecular weight is 423 g/mol. The number of nitrogens with one attached hydrogen (secondary N) is 1. The first-order chi connectivity index (χ1) is 14.7. The number of carbonyl (C=O) groups is 1. The topological polar surface area (TPSA) is 95.1 Å². The Bertz CT molecular complexity index is 1120. The van der Waals surface area contributed by atoms with E-state index in [9.17, 15) is 4.79 Å². The molecule has 1 aromatic carbocycles. The fourth-order valence-electron chi connectivity index (χ4n) is 3.16. The molecule has 3 heterocycles. The van der Waals surface area contributed by atoms with E-state index in [1.165, 1.54) is 0 Å². The Hall–Kier alpha value is -3.46. The fourth-order valence-corrected chi connectivity index (χ4v) is 3.79. The van der Waals surface area contributed by atoms with Crippen LogP contribution in [0.4, 0.5) is 0 Å². The molecule has 4 rings (SSSR count). The molecule has 8 nitrogen and oxygen atoms in total. The zero-order valence-electron chi connectivity index (χ0n) is 16.6. The Morgan fingerprint density at radius 3 is 2.93 bits per heavy atom. The van der Waals surface area contributed by atoms with E-state index in [2.05, 4.69) is 20.4 Å². The zero-order valence-corrected chi connectivity index (χ0v) is 17.4. The first-order valence-electron chi connectivity index (χ1n) is 9.40. The van der Waals surface area contributed by atoms with Gasteiger partial charge in [0.15, 0.2) is 0 Å². The van der Waals surface area contributed by atoms with E-state index in [0.29, 0.717) is 29.7 Å². The summed E-state index contributed by atoms with van der Waals surface area (Å²) in [5.74, 6) is 2.21. The smallest absolute Gasteiger partial charge is 0.227 e. The molecule has 3 aromatic heterocycles. The van der Waals surface area contributed by atoms with E-state index < -0.39 is 6.04 Å². The average Bonchev–Trinajstić information content (AvgIpc) is 3.52. The van der Waals surface area contributed by atoms with Crippen LogP contribution < -0.4 is 10.1 Å². The molecule has 1 atom stereocenters. The van der Waals surface area contributed by atoms with Crippen LogP contribution in [0.15, 0.2) is 58.0 Å². The highest BCUT2D eigenvalue weighted by molar-refractivity contribution is 7.08. The molecule has 0 aliphatic heterocycles. The lowest BCUT2D eigenvalue weighted by Gasteiger charge is -2.21. The van der Waals surface area contributed by atoms with Crippen LogP contribution in [0, 0.1) is 0 Å². The molecule has 1 unspecified atom stereocenters. The number of hydrogen-bond acceptors (Lipinski definition) is 7. The molecule has 0 saturated carbocycles. The van der Waals surface area contributed by atoms with Crippen molar-refractivity contribution in [2.24, 2.45) is 7.05 Å². The number of hydrogen-bond donors (Lipinski definition) is 1. The van der Waals surface area contributed by atoms with Gasteiger partial charge in [-0.05, 0) is 17.5 Å². The first-order valence-corrected chi connectivity index (χ1v) is 10.3. The number of imidazole rings is 1. The van der Waals surface area contributed by atoms with Crippen LogP contribution in [0.5, 0.6) is 5.75 Å². The minimum absolute atomic E-state index is 0.149. The molecule has 1 amide bonds. The maximum Gasteiger partial charge on any atom is 0.227 e. The Morgan fingerprint density at radius 1 is 1.33 bits per heavy atom. The van der Waals surface area contributed by atoms with Gasteiger partial charge in [-0.15, -0.1) is 0 Å². The summed E-state index contributed by atoms with van der Waals surface area (Å²) in [5, 5.41) is 10.9. The number of benzene rings is 1. The molecule has 30 heavy (non-hydrogen) atoms. The summed E-state index contributed by atoms with van der Waals surface area (Å²) >= 11 is 1.57. The maximum atomic E-state index is 12.8. The van der Waals surface area contributed by atoms with E-state index in [1.807, 2.05) is 58.9 Å². The lowest BCUT2D eigenvalue weighted by atomic mass is 10.0. The second-order valence-electron chi connectivity index (χ2n) is 6.66. The molecule has 0 aliphatic rings. The highest BCUT2D eigenvalue weighted by Crippen LogP contribution is 2.29. The number of ether oxygens (including phenoxy) is 1. The van der Waals surface area contributed by atoms with Crippen molar-refractivity contribution in [3.63, 3.8) is 0 Å². The zero-order chi connectivity index (χ0) is 20.9. The summed E-state index contributed by atoms with van der Waals surface area (Å²) in [6.07, 6.45) is 4.10. The van der Waals surface area contributed by atoms with Crippen molar-refractivity contribution in [3.05, 3.63) is 70.8 Å². The second-order valence-corrected chi connectivity index (χ2v) is 7.44. The van der Waals surface area contributed by atoms with Gasteiger partial charge in [-0.2, -0.15) is 16.3 Å². The van der Waals surface area contributed by atoms with Gasteiger partial charge in [-0.1, -0.05) is 23.4 Å². The number of nitrogens with zero attached hydrogens (tertiary/aromatic N) is 4. The highest BCUT2D eigenvalue weighted by Gasteiger charge is 2.24. The van der Waals surface area contributed by atoms with Gasteiger partial charge >= 0.3 is 0 Å². The molecule has 0 bridgehead atoms. The largest absolute Gasteiger partial charge is 0.496 e. The fraction of sp³-hybridized carbons (Fsp3) is 0.238. The molecular formula is C21H21N5O3S. The SMILES string of the molecule is COc1ccccc1C(NC(=O)CCc1nc(-c2ccsc2)no1)c1nccn1C. The molecular weight excluding hydrogens is 402 g/mol. The van der Waals surface area contributed by atoms with Crippen molar-refractivity contribution in [1.29, 1.82) is 0 Å². The molecule has 0 radical (unpaired) electrons. The third-order valence-electron chi connectivity index (χ3n) is 4.69. The van der Waals surface area contributed by atoms with Crippen molar-refractivity contribution in [3.8, 4) is 17.1 Å². The molecule has 0 aliphatic carbocycles. The van der Waals surface area contributed by atoms with Crippen LogP contribution in [-0.2, 0) is 18.3 Å². The van der Waals surface area contributed by atoms with Gasteiger partial charge < -0.3 is 19.1 Å². The third kappa shape index (κ3) is 4.25. The van der Waals surface area contributed by atoms with Gasteiger partial charge in [0.25, 0.3) is 0 Å². The van der Waals surface area contributed by atoms with E-state index in [0.717, 1.165) is 11.1 Å². The van der Waals surface area contributed by atoms with Crippen molar-refractivity contribution < 1.29 is 14.1 Å². The summed E-state index contributed by atoms with van der Waals surface area (Å²) in [5.41, 5.74) is 1.74. The molecule has 4 aromatic rings. The van der Waals surface area contributed by atoms with E-state index >= 15 is 0 Å². The first kappa shape index (κ1) is 19.8. The Morgan fingerprint density at radius 2 is 2.20 bits per heavy atom. The molecule has 1 N–H and O–H groups in total. The normalized spacial score (nSPS) is 11.9. The standard InChI is InChI=1S/C21H21N5O3S/c1-26-11-10-22-21(26)19(15-5-3-4-6-16(15)28-2)23-17(27)7-8-18-24-20(25-29-18)14-9-12-30-13-14/h3-6,9-13,19H,7-8H2,1-2H3,(H,23,27). The number of aryl methyl sites for hydroxylation is 2. The Labute approximate surface area is 177 Å². The molecule has 0 spiro atoms. The summed E-state index contributed by atoms with van der Waals surface area (Å²) < 4.78 is 12.7. The van der Waals surface area contributed by atoms with Gasteiger partial charge in [0, 0.05) is 48.8 Å². The van der Waals surface area contributed by atoms with Crippen LogP contribution in [-0.4, -0.2) is 32.7 Å². The summed E-state index contributed by atoms with van der Waals surface area (Å²) in [7, 11) is 3.50. The van der Waals surface area contributed by atoms with Crippen LogP contribution in [0.2, 0.25) is 0 Å². The second kappa shape index (κ2) is 8.91. The number of methoxy groups -OCH3 is 1. The number of rotatable bonds is 8. The Balaban J connectivity index is 1.48. The van der Waals surface area contributed by atoms with Gasteiger partial charge in [0.2, 0.25) is 17.6 Å². The van der Waals surface area contributed by atoms with E-state index in [1.54, 1.807) is 24.6 Å². The van der Waals surface area contributed by atoms with E-state index in [-0.39, 0.29) is 12.3 Å². The number of thiophene rings is 1. The van der Waals surface area contributed by atoms with Gasteiger partial charge in [-0.3, -0.25) is 4.79 Å². The highest BCUT2D eigenvalue weighted by atomic mass is 32.1. The molecule has 0 saturated heterocycles. The van der Waals surface area contributed by atoms with Crippen molar-refractivity contribution in [1.82, 2.24) is 25.0 Å². The quantitative estimate of drug-likeness (QED) is 0.467. The third-order valence-corrected chi connectivity index (χ3v) is 5.37. The predicted octanol–water partition coefficient (Wildman–Crippen LogP) is 3.38. The van der Waals surface area contributed by atoms with E-state index in [4.69, 9.17) is 9.26 Å². The minimum Gasteiger partial charge on any atom is -0.496 e. The maximum absolute atomic E-state index is 12.8. The summed E-state index contributed by atoms with van der Waals surface area (Å²) in [4.78, 5) is 21.6. The molecule has 0 fully saturated rings. The van der Waals surface area contributed by atoms with Gasteiger partial charge in [0.05, 0.1) is 7.11 Å². The monoisotopic (exact) mass is 423 g/mol.